The molecule has 0 aliphatic carbocycles. The van der Waals surface area contributed by atoms with Gasteiger partial charge in [0.05, 0.1) is 25.3 Å². The molecule has 2 aliphatic heterocycles. The summed E-state index contributed by atoms with van der Waals surface area (Å²) in [4.78, 5) is 11.3. The molecule has 146 valence electrons. The fourth-order valence-electron chi connectivity index (χ4n) is 3.84. The van der Waals surface area contributed by atoms with Crippen molar-refractivity contribution in [1.82, 2.24) is 24.6 Å². The van der Waals surface area contributed by atoms with Crippen molar-refractivity contribution in [3.05, 3.63) is 59.0 Å². The van der Waals surface area contributed by atoms with Crippen LogP contribution in [0.4, 0.5) is 11.8 Å². The van der Waals surface area contributed by atoms with Crippen molar-refractivity contribution in [3.8, 4) is 11.8 Å². The fourth-order valence-corrected chi connectivity index (χ4v) is 3.84. The highest BCUT2D eigenvalue weighted by molar-refractivity contribution is 5.48. The standard InChI is InChI=1S/C21H21N7O/c1-14(17-4-3-16-6-9-29-18(16)10-17)27-7-8-28-20(13-27)25-21(26-28)24-19-5-2-15(11-22)12-23-19/h2-5,10,12,14H,6-9,13H2,1H3,(H,23,24,26). The zero-order valence-electron chi connectivity index (χ0n) is 16.2. The molecule has 1 N–H and O–H groups in total. The van der Waals surface area contributed by atoms with Gasteiger partial charge in [-0.3, -0.25) is 4.90 Å². The van der Waals surface area contributed by atoms with E-state index in [1.165, 1.54) is 17.3 Å². The van der Waals surface area contributed by atoms with Gasteiger partial charge in [0.15, 0.2) is 0 Å². The monoisotopic (exact) mass is 387 g/mol. The number of ether oxygens (including phenoxy) is 1. The van der Waals surface area contributed by atoms with Gasteiger partial charge in [0.1, 0.15) is 23.5 Å². The van der Waals surface area contributed by atoms with Crippen LogP contribution in [-0.4, -0.2) is 37.8 Å². The summed E-state index contributed by atoms with van der Waals surface area (Å²) >= 11 is 0. The second kappa shape index (κ2) is 7.18. The van der Waals surface area contributed by atoms with E-state index in [4.69, 9.17) is 10.00 Å². The van der Waals surface area contributed by atoms with Crippen molar-refractivity contribution in [2.24, 2.45) is 0 Å². The third kappa shape index (κ3) is 3.41. The lowest BCUT2D eigenvalue weighted by molar-refractivity contribution is 0.158. The molecule has 5 rings (SSSR count). The molecule has 4 heterocycles. The number of anilines is 2. The number of nitrogens with zero attached hydrogens (tertiary/aromatic N) is 6. The smallest absolute Gasteiger partial charge is 0.248 e. The molecule has 1 aromatic carbocycles. The van der Waals surface area contributed by atoms with Crippen LogP contribution in [0, 0.1) is 11.3 Å². The summed E-state index contributed by atoms with van der Waals surface area (Å²) in [6, 6.07) is 12.4. The van der Waals surface area contributed by atoms with Crippen LogP contribution in [0.5, 0.6) is 5.75 Å². The first kappa shape index (κ1) is 17.6. The molecular formula is C21H21N7O. The zero-order valence-corrected chi connectivity index (χ0v) is 16.2. The van der Waals surface area contributed by atoms with E-state index in [2.05, 4.69) is 56.5 Å². The van der Waals surface area contributed by atoms with E-state index in [0.29, 0.717) is 17.3 Å². The second-order valence-electron chi connectivity index (χ2n) is 7.36. The lowest BCUT2D eigenvalue weighted by Crippen LogP contribution is -2.36. The minimum Gasteiger partial charge on any atom is -0.493 e. The molecule has 2 aromatic heterocycles. The molecule has 0 fully saturated rings. The van der Waals surface area contributed by atoms with Crippen molar-refractivity contribution in [1.29, 1.82) is 5.26 Å². The van der Waals surface area contributed by atoms with Crippen LogP contribution in [0.2, 0.25) is 0 Å². The summed E-state index contributed by atoms with van der Waals surface area (Å²) in [5, 5.41) is 16.5. The van der Waals surface area contributed by atoms with E-state index in [-0.39, 0.29) is 6.04 Å². The van der Waals surface area contributed by atoms with Gasteiger partial charge in [-0.1, -0.05) is 12.1 Å². The number of nitrogens with one attached hydrogen (secondary N) is 1. The number of benzene rings is 1. The number of nitriles is 1. The van der Waals surface area contributed by atoms with Crippen molar-refractivity contribution < 1.29 is 4.74 Å². The molecule has 0 saturated heterocycles. The van der Waals surface area contributed by atoms with Gasteiger partial charge in [0.25, 0.3) is 0 Å². The lowest BCUT2D eigenvalue weighted by Gasteiger charge is -2.32. The third-order valence-corrected chi connectivity index (χ3v) is 5.57. The first-order valence-electron chi connectivity index (χ1n) is 9.76. The average Bonchev–Trinajstić information content (AvgIpc) is 3.38. The summed E-state index contributed by atoms with van der Waals surface area (Å²) in [5.74, 6) is 3.10. The molecule has 1 atom stereocenters. The Labute approximate surface area is 168 Å². The van der Waals surface area contributed by atoms with Gasteiger partial charge in [-0.2, -0.15) is 10.2 Å². The largest absolute Gasteiger partial charge is 0.493 e. The maximum Gasteiger partial charge on any atom is 0.248 e. The number of hydrogen-bond donors (Lipinski definition) is 1. The molecule has 2 aliphatic rings. The third-order valence-electron chi connectivity index (χ3n) is 5.57. The SMILES string of the molecule is CC(c1ccc2c(c1)OCC2)N1CCn2nc(Nc3ccc(C#N)cn3)nc2C1. The Morgan fingerprint density at radius 2 is 2.17 bits per heavy atom. The summed E-state index contributed by atoms with van der Waals surface area (Å²) < 4.78 is 7.68. The Morgan fingerprint density at radius 3 is 3.00 bits per heavy atom. The highest BCUT2D eigenvalue weighted by Crippen LogP contribution is 2.32. The maximum atomic E-state index is 8.88. The first-order valence-corrected chi connectivity index (χ1v) is 9.76. The van der Waals surface area contributed by atoms with E-state index in [1.54, 1.807) is 12.1 Å². The maximum absolute atomic E-state index is 8.88. The second-order valence-corrected chi connectivity index (χ2v) is 7.36. The topological polar surface area (TPSA) is 91.9 Å². The molecule has 0 radical (unpaired) electrons. The van der Waals surface area contributed by atoms with Crippen LogP contribution < -0.4 is 10.1 Å². The number of pyridine rings is 1. The molecule has 0 saturated carbocycles. The van der Waals surface area contributed by atoms with E-state index in [0.717, 1.165) is 44.2 Å². The molecule has 29 heavy (non-hydrogen) atoms. The van der Waals surface area contributed by atoms with Crippen LogP contribution in [0.15, 0.2) is 36.5 Å². The van der Waals surface area contributed by atoms with Crippen molar-refractivity contribution >= 4 is 11.8 Å². The Hall–Kier alpha value is -3.44. The van der Waals surface area contributed by atoms with Gasteiger partial charge < -0.3 is 10.1 Å². The van der Waals surface area contributed by atoms with Gasteiger partial charge in [0.2, 0.25) is 5.95 Å². The van der Waals surface area contributed by atoms with Crippen LogP contribution >= 0.6 is 0 Å². The molecular weight excluding hydrogens is 366 g/mol. The lowest BCUT2D eigenvalue weighted by atomic mass is 10.0. The Kier molecular flexibility index (Phi) is 4.37. The van der Waals surface area contributed by atoms with Crippen LogP contribution in [0.1, 0.15) is 35.5 Å². The molecule has 3 aromatic rings. The number of hydrogen-bond acceptors (Lipinski definition) is 7. The van der Waals surface area contributed by atoms with E-state index in [9.17, 15) is 0 Å². The summed E-state index contributed by atoms with van der Waals surface area (Å²) in [6.45, 7) is 5.43. The molecule has 0 amide bonds. The highest BCUT2D eigenvalue weighted by atomic mass is 16.5. The van der Waals surface area contributed by atoms with Crippen molar-refractivity contribution in [2.45, 2.75) is 32.5 Å². The minimum atomic E-state index is 0.270. The zero-order chi connectivity index (χ0) is 19.8. The van der Waals surface area contributed by atoms with Crippen LogP contribution in [0.3, 0.4) is 0 Å². The Bertz CT molecular complexity index is 1080. The van der Waals surface area contributed by atoms with Gasteiger partial charge in [0, 0.05) is 25.2 Å². The van der Waals surface area contributed by atoms with E-state index >= 15 is 0 Å². The predicted molar refractivity (Wildman–Crippen MR) is 107 cm³/mol. The summed E-state index contributed by atoms with van der Waals surface area (Å²) in [5.41, 5.74) is 3.08. The van der Waals surface area contributed by atoms with E-state index < -0.39 is 0 Å². The van der Waals surface area contributed by atoms with Crippen molar-refractivity contribution in [2.75, 3.05) is 18.5 Å². The van der Waals surface area contributed by atoms with Crippen LogP contribution in [0.25, 0.3) is 0 Å². The Balaban J connectivity index is 1.30. The van der Waals surface area contributed by atoms with Gasteiger partial charge in [-0.25, -0.2) is 9.67 Å². The molecule has 8 nitrogen and oxygen atoms in total. The highest BCUT2D eigenvalue weighted by Gasteiger charge is 2.25. The number of rotatable bonds is 4. The predicted octanol–water partition coefficient (Wildman–Crippen LogP) is 2.80. The molecule has 8 heteroatoms. The summed E-state index contributed by atoms with van der Waals surface area (Å²) in [6.07, 6.45) is 2.53. The van der Waals surface area contributed by atoms with Crippen LogP contribution in [-0.2, 0) is 19.5 Å². The quantitative estimate of drug-likeness (QED) is 0.736. The van der Waals surface area contributed by atoms with Gasteiger partial charge >= 0.3 is 0 Å². The normalized spacial score (nSPS) is 16.4. The van der Waals surface area contributed by atoms with E-state index in [1.807, 2.05) is 4.68 Å². The minimum absolute atomic E-state index is 0.270. The van der Waals surface area contributed by atoms with Gasteiger partial charge in [-0.15, -0.1) is 5.10 Å². The fraction of sp³-hybridized carbons (Fsp3) is 0.333. The molecule has 1 unspecified atom stereocenters. The molecule has 0 bridgehead atoms. The summed E-state index contributed by atoms with van der Waals surface area (Å²) in [7, 11) is 0. The van der Waals surface area contributed by atoms with Crippen molar-refractivity contribution in [3.63, 3.8) is 0 Å². The number of aromatic nitrogens is 4. The Morgan fingerprint density at radius 1 is 1.24 bits per heavy atom. The van der Waals surface area contributed by atoms with Gasteiger partial charge in [-0.05, 0) is 36.2 Å². The first-order chi connectivity index (χ1) is 14.2. The molecule has 0 spiro atoms. The average molecular weight is 387 g/mol. The number of fused-ring (bicyclic) bond motifs is 2.